The zero-order valence-corrected chi connectivity index (χ0v) is 16.0. The van der Waals surface area contributed by atoms with Crippen molar-refractivity contribution in [3.63, 3.8) is 0 Å². The summed E-state index contributed by atoms with van der Waals surface area (Å²) in [7, 11) is 0. The fraction of sp³-hybridized carbons (Fsp3) is 0.400. The molecule has 138 valence electrons. The van der Waals surface area contributed by atoms with Gasteiger partial charge in [0, 0.05) is 18.5 Å². The van der Waals surface area contributed by atoms with Gasteiger partial charge in [0.05, 0.1) is 15.0 Å². The lowest BCUT2D eigenvalue weighted by molar-refractivity contribution is 0.0952. The summed E-state index contributed by atoms with van der Waals surface area (Å²) >= 11 is 1.34. The first-order chi connectivity index (χ1) is 12.6. The van der Waals surface area contributed by atoms with Crippen LogP contribution in [0.2, 0.25) is 0 Å². The molecule has 0 aliphatic rings. The molecule has 6 heteroatoms. The van der Waals surface area contributed by atoms with Crippen LogP contribution < -0.4 is 10.9 Å². The lowest BCUT2D eigenvalue weighted by Crippen LogP contribution is -2.35. The van der Waals surface area contributed by atoms with Gasteiger partial charge < -0.3 is 14.6 Å². The maximum absolute atomic E-state index is 12.5. The molecule has 1 N–H and O–H groups in total. The van der Waals surface area contributed by atoms with Gasteiger partial charge in [0.1, 0.15) is 5.58 Å². The van der Waals surface area contributed by atoms with Crippen LogP contribution in [0.1, 0.15) is 36.4 Å². The van der Waals surface area contributed by atoms with Crippen molar-refractivity contribution in [3.05, 3.63) is 45.6 Å². The Morgan fingerprint density at radius 1 is 1.12 bits per heavy atom. The van der Waals surface area contributed by atoms with E-state index in [4.69, 9.17) is 4.42 Å². The van der Waals surface area contributed by atoms with Gasteiger partial charge in [0.25, 0.3) is 5.91 Å². The average molecular weight is 372 g/mol. The number of nitrogens with zero attached hydrogens (tertiary/aromatic N) is 1. The van der Waals surface area contributed by atoms with E-state index in [1.807, 2.05) is 18.2 Å². The second-order valence-corrected chi connectivity index (χ2v) is 7.39. The molecule has 0 saturated carbocycles. The van der Waals surface area contributed by atoms with Crippen LogP contribution in [0.4, 0.5) is 0 Å². The van der Waals surface area contributed by atoms with Crippen molar-refractivity contribution < 1.29 is 9.21 Å². The summed E-state index contributed by atoms with van der Waals surface area (Å²) in [6.07, 6.45) is 2.21. The predicted molar refractivity (Wildman–Crippen MR) is 107 cm³/mol. The van der Waals surface area contributed by atoms with Gasteiger partial charge in [-0.1, -0.05) is 26.0 Å². The Morgan fingerprint density at radius 3 is 2.58 bits per heavy atom. The van der Waals surface area contributed by atoms with E-state index < -0.39 is 5.63 Å². The molecular formula is C20H24N2O3S. The number of carbonyl (C=O) groups is 1. The van der Waals surface area contributed by atoms with Crippen LogP contribution in [-0.4, -0.2) is 37.0 Å². The van der Waals surface area contributed by atoms with E-state index in [-0.39, 0.29) is 5.91 Å². The van der Waals surface area contributed by atoms with E-state index in [1.54, 1.807) is 12.1 Å². The Bertz CT molecular complexity index is 954. The van der Waals surface area contributed by atoms with Gasteiger partial charge >= 0.3 is 5.63 Å². The monoisotopic (exact) mass is 372 g/mol. The molecule has 2 heterocycles. The molecule has 0 bridgehead atoms. The molecule has 0 aliphatic heterocycles. The summed E-state index contributed by atoms with van der Waals surface area (Å²) in [6.45, 7) is 7.84. The van der Waals surface area contributed by atoms with Crippen molar-refractivity contribution in [2.75, 3.05) is 26.2 Å². The van der Waals surface area contributed by atoms with Crippen LogP contribution in [-0.2, 0) is 0 Å². The number of para-hydroxylation sites is 1. The van der Waals surface area contributed by atoms with Crippen molar-refractivity contribution in [1.29, 1.82) is 0 Å². The average Bonchev–Trinajstić information content (AvgIpc) is 3.08. The van der Waals surface area contributed by atoms with Crippen molar-refractivity contribution in [2.24, 2.45) is 0 Å². The number of carbonyl (C=O) groups excluding carboxylic acids is 1. The van der Waals surface area contributed by atoms with Gasteiger partial charge in [-0.15, -0.1) is 11.3 Å². The van der Waals surface area contributed by atoms with E-state index in [1.165, 1.54) is 11.3 Å². The third kappa shape index (κ3) is 3.97. The van der Waals surface area contributed by atoms with Crippen LogP contribution in [0.5, 0.6) is 0 Å². The summed E-state index contributed by atoms with van der Waals surface area (Å²) in [5.41, 5.74) is 0.152. The van der Waals surface area contributed by atoms with Gasteiger partial charge in [0.15, 0.2) is 0 Å². The fourth-order valence-electron chi connectivity index (χ4n) is 3.14. The van der Waals surface area contributed by atoms with Crippen molar-refractivity contribution in [2.45, 2.75) is 26.7 Å². The Labute approximate surface area is 156 Å². The summed E-state index contributed by atoms with van der Waals surface area (Å²) in [5, 5.41) is 4.31. The number of fused-ring (bicyclic) bond motifs is 3. The smallest absolute Gasteiger partial charge is 0.345 e. The predicted octanol–water partition coefficient (Wildman–Crippen LogP) is 3.86. The topological polar surface area (TPSA) is 62.6 Å². The number of nitrogens with one attached hydrogen (secondary N) is 1. The lowest BCUT2D eigenvalue weighted by Gasteiger charge is -2.20. The van der Waals surface area contributed by atoms with E-state index in [2.05, 4.69) is 24.1 Å². The van der Waals surface area contributed by atoms with Crippen LogP contribution >= 0.6 is 11.3 Å². The number of hydrogen-bond acceptors (Lipinski definition) is 5. The zero-order valence-electron chi connectivity index (χ0n) is 15.2. The first kappa shape index (κ1) is 18.6. The molecule has 5 nitrogen and oxygen atoms in total. The second-order valence-electron chi connectivity index (χ2n) is 6.34. The van der Waals surface area contributed by atoms with Crippen molar-refractivity contribution in [3.8, 4) is 0 Å². The quantitative estimate of drug-likeness (QED) is 0.610. The molecule has 2 aromatic heterocycles. The van der Waals surface area contributed by atoms with Gasteiger partial charge in [-0.25, -0.2) is 4.79 Å². The molecular weight excluding hydrogens is 348 g/mol. The molecule has 1 amide bonds. The Hall–Kier alpha value is -2.18. The minimum Gasteiger partial charge on any atom is -0.422 e. The normalized spacial score (nSPS) is 11.5. The minimum absolute atomic E-state index is 0.136. The van der Waals surface area contributed by atoms with Gasteiger partial charge in [0.2, 0.25) is 0 Å². The van der Waals surface area contributed by atoms with Crippen molar-refractivity contribution >= 4 is 38.3 Å². The third-order valence-corrected chi connectivity index (χ3v) is 5.47. The number of amides is 1. The van der Waals surface area contributed by atoms with Gasteiger partial charge in [-0.3, -0.25) is 4.79 Å². The molecule has 0 spiro atoms. The molecule has 0 radical (unpaired) electrons. The Balaban J connectivity index is 1.76. The molecule has 3 aromatic rings. The van der Waals surface area contributed by atoms with E-state index in [0.717, 1.165) is 42.6 Å². The lowest BCUT2D eigenvalue weighted by atomic mass is 10.2. The fourth-order valence-corrected chi connectivity index (χ4v) is 4.23. The second kappa shape index (κ2) is 8.47. The summed E-state index contributed by atoms with van der Waals surface area (Å²) in [4.78, 5) is 27.6. The van der Waals surface area contributed by atoms with E-state index in [9.17, 15) is 9.59 Å². The highest BCUT2D eigenvalue weighted by molar-refractivity contribution is 7.21. The number of benzene rings is 1. The molecule has 3 rings (SSSR count). The van der Waals surface area contributed by atoms with Crippen LogP contribution in [0.25, 0.3) is 21.1 Å². The molecule has 0 fully saturated rings. The van der Waals surface area contributed by atoms with Crippen LogP contribution in [0, 0.1) is 0 Å². The number of rotatable bonds is 8. The maximum Gasteiger partial charge on any atom is 0.345 e. The zero-order chi connectivity index (χ0) is 18.5. The molecule has 1 aromatic carbocycles. The number of hydrogen-bond donors (Lipinski definition) is 1. The van der Waals surface area contributed by atoms with Crippen molar-refractivity contribution in [1.82, 2.24) is 10.2 Å². The summed E-state index contributed by atoms with van der Waals surface area (Å²) in [6, 6.07) is 9.05. The molecule has 0 aliphatic carbocycles. The summed E-state index contributed by atoms with van der Waals surface area (Å²) < 4.78 is 6.15. The van der Waals surface area contributed by atoms with Gasteiger partial charge in [-0.05, 0) is 44.1 Å². The van der Waals surface area contributed by atoms with Gasteiger partial charge in [-0.2, -0.15) is 0 Å². The number of thiophene rings is 1. The molecule has 0 saturated heterocycles. The standard InChI is InChI=1S/C20H24N2O3S/c1-3-10-22(11-4-2)12-9-21-19(23)17-13-15-18(26-17)14-7-5-6-8-16(14)25-20(15)24/h5-8,13H,3-4,9-12H2,1-2H3,(H,21,23). The van der Waals surface area contributed by atoms with Crippen LogP contribution in [0.15, 0.2) is 39.5 Å². The third-order valence-electron chi connectivity index (χ3n) is 4.30. The summed E-state index contributed by atoms with van der Waals surface area (Å²) in [5.74, 6) is -0.136. The van der Waals surface area contributed by atoms with E-state index >= 15 is 0 Å². The van der Waals surface area contributed by atoms with E-state index in [0.29, 0.717) is 22.4 Å². The highest BCUT2D eigenvalue weighted by Gasteiger charge is 2.15. The Kier molecular flexibility index (Phi) is 6.06. The minimum atomic E-state index is -0.397. The molecule has 0 atom stereocenters. The molecule has 26 heavy (non-hydrogen) atoms. The first-order valence-corrected chi connectivity index (χ1v) is 9.91. The maximum atomic E-state index is 12.5. The highest BCUT2D eigenvalue weighted by Crippen LogP contribution is 2.30. The Morgan fingerprint density at radius 2 is 1.85 bits per heavy atom. The largest absolute Gasteiger partial charge is 0.422 e. The highest BCUT2D eigenvalue weighted by atomic mass is 32.1. The first-order valence-electron chi connectivity index (χ1n) is 9.10. The van der Waals surface area contributed by atoms with Crippen LogP contribution in [0.3, 0.4) is 0 Å². The SMILES string of the molecule is CCCN(CCC)CCNC(=O)c1cc2c(=O)oc3ccccc3c2s1. The molecule has 0 unspecified atom stereocenters.